The Labute approximate surface area is 103 Å². The molecule has 0 amide bonds. The number of ether oxygens (including phenoxy) is 1. The van der Waals surface area contributed by atoms with Crippen molar-refractivity contribution < 1.29 is 4.74 Å². The highest BCUT2D eigenvalue weighted by Crippen LogP contribution is 2.45. The summed E-state index contributed by atoms with van der Waals surface area (Å²) in [6.07, 6.45) is 0.121. The normalized spacial score (nSPS) is 23.7. The quantitative estimate of drug-likeness (QED) is 0.899. The molecule has 2 unspecified atom stereocenters. The summed E-state index contributed by atoms with van der Waals surface area (Å²) in [7, 11) is 0. The second kappa shape index (κ2) is 4.32. The van der Waals surface area contributed by atoms with Crippen LogP contribution in [-0.4, -0.2) is 12.6 Å². The van der Waals surface area contributed by atoms with Crippen LogP contribution in [0.5, 0.6) is 5.75 Å². The SMILES string of the molecule is CCNC1c2c(Br)ccc(Cl)c2OC1C. The zero-order valence-electron chi connectivity index (χ0n) is 8.68. The van der Waals surface area contributed by atoms with Crippen LogP contribution in [0.15, 0.2) is 16.6 Å². The number of hydrogen-bond donors (Lipinski definition) is 1. The molecule has 0 saturated carbocycles. The van der Waals surface area contributed by atoms with E-state index in [0.29, 0.717) is 5.02 Å². The third-order valence-electron chi connectivity index (χ3n) is 2.60. The Morgan fingerprint density at radius 2 is 2.27 bits per heavy atom. The van der Waals surface area contributed by atoms with E-state index in [9.17, 15) is 0 Å². The van der Waals surface area contributed by atoms with Crippen LogP contribution in [-0.2, 0) is 0 Å². The molecule has 0 radical (unpaired) electrons. The fourth-order valence-corrected chi connectivity index (χ4v) is 2.70. The number of halogens is 2. The van der Waals surface area contributed by atoms with Crippen LogP contribution >= 0.6 is 27.5 Å². The molecule has 1 aliphatic rings. The van der Waals surface area contributed by atoms with Gasteiger partial charge in [-0.3, -0.25) is 0 Å². The standard InChI is InChI=1S/C11H13BrClNO/c1-3-14-10-6(2)15-11-8(13)5-4-7(12)9(10)11/h4-6,10,14H,3H2,1-2H3. The molecule has 15 heavy (non-hydrogen) atoms. The summed E-state index contributed by atoms with van der Waals surface area (Å²) in [5.74, 6) is 0.810. The maximum atomic E-state index is 6.10. The van der Waals surface area contributed by atoms with Crippen molar-refractivity contribution in [2.75, 3.05) is 6.54 Å². The van der Waals surface area contributed by atoms with Crippen LogP contribution in [0, 0.1) is 0 Å². The van der Waals surface area contributed by atoms with Gasteiger partial charge in [0.25, 0.3) is 0 Å². The van der Waals surface area contributed by atoms with Crippen molar-refractivity contribution in [3.63, 3.8) is 0 Å². The van der Waals surface area contributed by atoms with E-state index in [2.05, 4.69) is 35.1 Å². The van der Waals surface area contributed by atoms with Gasteiger partial charge in [-0.05, 0) is 25.6 Å². The molecule has 1 aromatic rings. The summed E-state index contributed by atoms with van der Waals surface area (Å²) in [5, 5.41) is 4.09. The lowest BCUT2D eigenvalue weighted by Gasteiger charge is -2.15. The first-order valence-corrected chi connectivity index (χ1v) is 6.20. The Kier molecular flexibility index (Phi) is 3.24. The summed E-state index contributed by atoms with van der Waals surface area (Å²) in [6.45, 7) is 5.05. The lowest BCUT2D eigenvalue weighted by atomic mass is 10.0. The minimum Gasteiger partial charge on any atom is -0.487 e. The Morgan fingerprint density at radius 3 is 2.93 bits per heavy atom. The maximum absolute atomic E-state index is 6.10. The molecule has 0 aliphatic carbocycles. The molecule has 1 aliphatic heterocycles. The predicted molar refractivity (Wildman–Crippen MR) is 65.7 cm³/mol. The largest absolute Gasteiger partial charge is 0.487 e. The zero-order valence-corrected chi connectivity index (χ0v) is 11.0. The molecule has 82 valence electrons. The van der Waals surface area contributed by atoms with E-state index in [4.69, 9.17) is 16.3 Å². The second-order valence-corrected chi connectivity index (χ2v) is 4.89. The molecule has 0 fully saturated rings. The third-order valence-corrected chi connectivity index (χ3v) is 3.59. The van der Waals surface area contributed by atoms with Gasteiger partial charge in [-0.1, -0.05) is 34.5 Å². The second-order valence-electron chi connectivity index (χ2n) is 3.63. The van der Waals surface area contributed by atoms with Crippen LogP contribution in [0.25, 0.3) is 0 Å². The van der Waals surface area contributed by atoms with Gasteiger partial charge >= 0.3 is 0 Å². The number of hydrogen-bond acceptors (Lipinski definition) is 2. The predicted octanol–water partition coefficient (Wildman–Crippen LogP) is 3.53. The van der Waals surface area contributed by atoms with Gasteiger partial charge in [0.15, 0.2) is 0 Å². The summed E-state index contributed by atoms with van der Waals surface area (Å²) in [4.78, 5) is 0. The smallest absolute Gasteiger partial charge is 0.144 e. The first-order valence-electron chi connectivity index (χ1n) is 5.03. The minimum absolute atomic E-state index is 0.121. The zero-order chi connectivity index (χ0) is 11.0. The van der Waals surface area contributed by atoms with Gasteiger partial charge in [0.2, 0.25) is 0 Å². The molecule has 1 heterocycles. The first kappa shape index (κ1) is 11.2. The summed E-state index contributed by atoms with van der Waals surface area (Å²) in [5.41, 5.74) is 1.14. The fourth-order valence-electron chi connectivity index (χ4n) is 1.94. The number of fused-ring (bicyclic) bond motifs is 1. The third kappa shape index (κ3) is 1.88. The van der Waals surface area contributed by atoms with E-state index in [1.54, 1.807) is 0 Å². The molecule has 2 atom stereocenters. The molecule has 0 bridgehead atoms. The molecule has 1 aromatic carbocycles. The van der Waals surface area contributed by atoms with Crippen molar-refractivity contribution >= 4 is 27.5 Å². The van der Waals surface area contributed by atoms with Crippen LogP contribution in [0.1, 0.15) is 25.5 Å². The fraction of sp³-hybridized carbons (Fsp3) is 0.455. The Morgan fingerprint density at radius 1 is 1.53 bits per heavy atom. The van der Waals surface area contributed by atoms with Gasteiger partial charge in [-0.25, -0.2) is 0 Å². The van der Waals surface area contributed by atoms with E-state index < -0.39 is 0 Å². The topological polar surface area (TPSA) is 21.3 Å². The van der Waals surface area contributed by atoms with Crippen molar-refractivity contribution in [1.82, 2.24) is 5.32 Å². The van der Waals surface area contributed by atoms with Crippen molar-refractivity contribution in [1.29, 1.82) is 0 Å². The molecule has 2 nitrogen and oxygen atoms in total. The number of rotatable bonds is 2. The highest BCUT2D eigenvalue weighted by molar-refractivity contribution is 9.10. The van der Waals surface area contributed by atoms with E-state index in [1.165, 1.54) is 0 Å². The number of benzene rings is 1. The van der Waals surface area contributed by atoms with E-state index in [0.717, 1.165) is 22.3 Å². The average Bonchev–Trinajstić information content (AvgIpc) is 2.53. The minimum atomic E-state index is 0.121. The van der Waals surface area contributed by atoms with Gasteiger partial charge in [0.1, 0.15) is 11.9 Å². The van der Waals surface area contributed by atoms with Gasteiger partial charge in [0.05, 0.1) is 11.1 Å². The summed E-state index contributed by atoms with van der Waals surface area (Å²) in [6, 6.07) is 4.04. The van der Waals surface area contributed by atoms with Crippen LogP contribution in [0.3, 0.4) is 0 Å². The van der Waals surface area contributed by atoms with Gasteiger partial charge < -0.3 is 10.1 Å². The molecular formula is C11H13BrClNO. The highest BCUT2D eigenvalue weighted by atomic mass is 79.9. The van der Waals surface area contributed by atoms with E-state index >= 15 is 0 Å². The molecule has 0 aromatic heterocycles. The average molecular weight is 291 g/mol. The van der Waals surface area contributed by atoms with Crippen molar-refractivity contribution in [2.45, 2.75) is 26.0 Å². The van der Waals surface area contributed by atoms with Crippen molar-refractivity contribution in [3.05, 3.63) is 27.2 Å². The molecule has 0 spiro atoms. The Hall–Kier alpha value is -0.250. The number of likely N-dealkylation sites (N-methyl/N-ethyl adjacent to an activating group) is 1. The molecule has 4 heteroatoms. The Balaban J connectivity index is 2.47. The van der Waals surface area contributed by atoms with E-state index in [-0.39, 0.29) is 12.1 Å². The maximum Gasteiger partial charge on any atom is 0.144 e. The summed E-state index contributed by atoms with van der Waals surface area (Å²) >= 11 is 9.64. The van der Waals surface area contributed by atoms with Crippen LogP contribution < -0.4 is 10.1 Å². The molecular weight excluding hydrogens is 277 g/mol. The van der Waals surface area contributed by atoms with Crippen molar-refractivity contribution in [3.8, 4) is 5.75 Å². The summed E-state index contributed by atoms with van der Waals surface area (Å²) < 4.78 is 6.81. The van der Waals surface area contributed by atoms with E-state index in [1.807, 2.05) is 12.1 Å². The van der Waals surface area contributed by atoms with Crippen molar-refractivity contribution in [2.24, 2.45) is 0 Å². The number of nitrogens with one attached hydrogen (secondary N) is 1. The highest BCUT2D eigenvalue weighted by Gasteiger charge is 2.33. The van der Waals surface area contributed by atoms with Crippen LogP contribution in [0.4, 0.5) is 0 Å². The molecule has 1 N–H and O–H groups in total. The lowest BCUT2D eigenvalue weighted by molar-refractivity contribution is 0.211. The van der Waals surface area contributed by atoms with Crippen LogP contribution in [0.2, 0.25) is 5.02 Å². The Bertz CT molecular complexity index is 383. The van der Waals surface area contributed by atoms with Gasteiger partial charge in [0, 0.05) is 10.0 Å². The van der Waals surface area contributed by atoms with Gasteiger partial charge in [-0.15, -0.1) is 0 Å². The van der Waals surface area contributed by atoms with Gasteiger partial charge in [-0.2, -0.15) is 0 Å². The molecule has 0 saturated heterocycles. The first-order chi connectivity index (χ1) is 7.15. The molecule has 2 rings (SSSR count). The lowest BCUT2D eigenvalue weighted by Crippen LogP contribution is -2.28. The monoisotopic (exact) mass is 289 g/mol.